The molecule has 0 saturated heterocycles. The summed E-state index contributed by atoms with van der Waals surface area (Å²) in [5.41, 5.74) is 1.14. The van der Waals surface area contributed by atoms with Crippen molar-refractivity contribution in [2.45, 2.75) is 5.16 Å². The molecule has 29 heavy (non-hydrogen) atoms. The van der Waals surface area contributed by atoms with Gasteiger partial charge in [0.2, 0.25) is 5.91 Å². The van der Waals surface area contributed by atoms with Gasteiger partial charge in [-0.1, -0.05) is 54.2 Å². The standard InChI is InChI=1S/C22H21FN4OS/c1-3-14-26(15-4-2)20(28)16-29-22-25-24-21(18-12-8-9-13-19(18)23)27(22)17-10-6-5-7-11-17/h3-13H,1-2,14-16H2. The normalized spacial score (nSPS) is 10.5. The van der Waals surface area contributed by atoms with E-state index in [1.54, 1.807) is 39.8 Å². The van der Waals surface area contributed by atoms with E-state index < -0.39 is 0 Å². The first-order valence-corrected chi connectivity index (χ1v) is 10.0. The zero-order valence-electron chi connectivity index (χ0n) is 15.9. The summed E-state index contributed by atoms with van der Waals surface area (Å²) in [5, 5.41) is 8.96. The van der Waals surface area contributed by atoms with Crippen LogP contribution in [0.1, 0.15) is 0 Å². The van der Waals surface area contributed by atoms with Crippen LogP contribution in [0.15, 0.2) is 85.1 Å². The van der Waals surface area contributed by atoms with Gasteiger partial charge >= 0.3 is 0 Å². The van der Waals surface area contributed by atoms with E-state index in [-0.39, 0.29) is 17.5 Å². The molecule has 1 heterocycles. The van der Waals surface area contributed by atoms with Crippen LogP contribution in [0.2, 0.25) is 0 Å². The number of thioether (sulfide) groups is 1. The Hall–Kier alpha value is -3.19. The second-order valence-electron chi connectivity index (χ2n) is 6.12. The Bertz CT molecular complexity index is 993. The molecule has 0 N–H and O–H groups in total. The number of hydrogen-bond donors (Lipinski definition) is 0. The van der Waals surface area contributed by atoms with E-state index >= 15 is 0 Å². The molecule has 0 fully saturated rings. The molecule has 0 unspecified atom stereocenters. The highest BCUT2D eigenvalue weighted by Gasteiger charge is 2.20. The van der Waals surface area contributed by atoms with Crippen LogP contribution in [0.25, 0.3) is 17.1 Å². The molecule has 1 amide bonds. The summed E-state index contributed by atoms with van der Waals surface area (Å²) in [6.07, 6.45) is 3.35. The summed E-state index contributed by atoms with van der Waals surface area (Å²) < 4.78 is 16.2. The van der Waals surface area contributed by atoms with Gasteiger partial charge in [-0.15, -0.1) is 23.4 Å². The lowest BCUT2D eigenvalue weighted by atomic mass is 10.2. The summed E-state index contributed by atoms with van der Waals surface area (Å²) in [6, 6.07) is 15.9. The molecule has 5 nitrogen and oxygen atoms in total. The van der Waals surface area contributed by atoms with E-state index in [2.05, 4.69) is 23.4 Å². The Kier molecular flexibility index (Phi) is 6.97. The molecule has 0 radical (unpaired) electrons. The van der Waals surface area contributed by atoms with E-state index in [9.17, 15) is 9.18 Å². The number of nitrogens with zero attached hydrogens (tertiary/aromatic N) is 4. The smallest absolute Gasteiger partial charge is 0.233 e. The Labute approximate surface area is 173 Å². The molecule has 0 saturated carbocycles. The number of aromatic nitrogens is 3. The molecule has 0 spiro atoms. The first-order valence-electron chi connectivity index (χ1n) is 9.03. The van der Waals surface area contributed by atoms with Crippen molar-refractivity contribution in [1.29, 1.82) is 0 Å². The Morgan fingerprint density at radius 2 is 1.69 bits per heavy atom. The van der Waals surface area contributed by atoms with Gasteiger partial charge in [-0.3, -0.25) is 9.36 Å². The van der Waals surface area contributed by atoms with Crippen LogP contribution in [0.5, 0.6) is 0 Å². The molecule has 1 aromatic heterocycles. The zero-order valence-corrected chi connectivity index (χ0v) is 16.7. The predicted molar refractivity (Wildman–Crippen MR) is 114 cm³/mol. The topological polar surface area (TPSA) is 51.0 Å². The van der Waals surface area contributed by atoms with Crippen LogP contribution < -0.4 is 0 Å². The van der Waals surface area contributed by atoms with Gasteiger partial charge in [0, 0.05) is 18.8 Å². The molecule has 0 aliphatic heterocycles. The Morgan fingerprint density at radius 3 is 2.34 bits per heavy atom. The first-order chi connectivity index (χ1) is 14.2. The molecule has 0 atom stereocenters. The van der Waals surface area contributed by atoms with Crippen LogP contribution in [0.4, 0.5) is 4.39 Å². The van der Waals surface area contributed by atoms with Gasteiger partial charge in [0.15, 0.2) is 11.0 Å². The highest BCUT2D eigenvalue weighted by atomic mass is 32.2. The third kappa shape index (κ3) is 4.81. The summed E-state index contributed by atoms with van der Waals surface area (Å²) in [5.74, 6) is 0.111. The van der Waals surface area contributed by atoms with E-state index in [1.807, 2.05) is 30.3 Å². The minimum Gasteiger partial charge on any atom is -0.335 e. The van der Waals surface area contributed by atoms with Gasteiger partial charge in [-0.2, -0.15) is 0 Å². The molecule has 7 heteroatoms. The molecular weight excluding hydrogens is 387 g/mol. The summed E-state index contributed by atoms with van der Waals surface area (Å²) in [6.45, 7) is 8.25. The molecule has 0 aliphatic rings. The maximum absolute atomic E-state index is 14.4. The highest BCUT2D eigenvalue weighted by Crippen LogP contribution is 2.29. The van der Waals surface area contributed by atoms with Gasteiger partial charge in [0.25, 0.3) is 0 Å². The fourth-order valence-electron chi connectivity index (χ4n) is 2.80. The zero-order chi connectivity index (χ0) is 20.6. The van der Waals surface area contributed by atoms with Crippen molar-refractivity contribution in [2.24, 2.45) is 0 Å². The quantitative estimate of drug-likeness (QED) is 0.390. The molecule has 3 rings (SSSR count). The highest BCUT2D eigenvalue weighted by molar-refractivity contribution is 7.99. The minimum absolute atomic E-state index is 0.0650. The van der Waals surface area contributed by atoms with Crippen molar-refractivity contribution in [2.75, 3.05) is 18.8 Å². The van der Waals surface area contributed by atoms with Gasteiger partial charge in [0.05, 0.1) is 11.3 Å². The number of halogens is 1. The average Bonchev–Trinajstić information content (AvgIpc) is 3.16. The maximum Gasteiger partial charge on any atom is 0.233 e. The number of rotatable bonds is 9. The van der Waals surface area contributed by atoms with E-state index in [0.29, 0.717) is 29.6 Å². The van der Waals surface area contributed by atoms with Crippen molar-refractivity contribution in [3.8, 4) is 17.1 Å². The molecule has 3 aromatic rings. The monoisotopic (exact) mass is 408 g/mol. The fourth-order valence-corrected chi connectivity index (χ4v) is 3.65. The third-order valence-corrected chi connectivity index (χ3v) is 5.05. The fraction of sp³-hybridized carbons (Fsp3) is 0.136. The summed E-state index contributed by atoms with van der Waals surface area (Å²) in [4.78, 5) is 14.2. The number of amides is 1. The van der Waals surface area contributed by atoms with Crippen LogP contribution in [-0.2, 0) is 4.79 Å². The van der Waals surface area contributed by atoms with Crippen molar-refractivity contribution < 1.29 is 9.18 Å². The predicted octanol–water partition coefficient (Wildman–Crippen LogP) is 4.37. The van der Waals surface area contributed by atoms with Crippen LogP contribution in [0, 0.1) is 5.82 Å². The van der Waals surface area contributed by atoms with Crippen LogP contribution >= 0.6 is 11.8 Å². The van der Waals surface area contributed by atoms with E-state index in [1.165, 1.54) is 17.8 Å². The minimum atomic E-state index is -0.382. The SMILES string of the molecule is C=CCN(CC=C)C(=O)CSc1nnc(-c2ccccc2F)n1-c1ccccc1. The third-order valence-electron chi connectivity index (χ3n) is 4.14. The van der Waals surface area contributed by atoms with Gasteiger partial charge in [0.1, 0.15) is 5.82 Å². The summed E-state index contributed by atoms with van der Waals surface area (Å²) >= 11 is 1.26. The van der Waals surface area contributed by atoms with E-state index in [4.69, 9.17) is 0 Å². The summed E-state index contributed by atoms with van der Waals surface area (Å²) in [7, 11) is 0. The first kappa shape index (κ1) is 20.5. The average molecular weight is 409 g/mol. The molecular formula is C22H21FN4OS. The van der Waals surface area contributed by atoms with Crippen molar-refractivity contribution in [3.63, 3.8) is 0 Å². The number of carbonyl (C=O) groups excluding carboxylic acids is 1. The number of carbonyl (C=O) groups is 1. The van der Waals surface area contributed by atoms with Crippen LogP contribution in [0.3, 0.4) is 0 Å². The lowest BCUT2D eigenvalue weighted by Crippen LogP contribution is -2.32. The van der Waals surface area contributed by atoms with Crippen molar-refractivity contribution >= 4 is 17.7 Å². The van der Waals surface area contributed by atoms with Gasteiger partial charge in [-0.25, -0.2) is 4.39 Å². The molecule has 148 valence electrons. The molecule has 0 bridgehead atoms. The second kappa shape index (κ2) is 9.84. The van der Waals surface area contributed by atoms with Gasteiger partial charge in [-0.05, 0) is 24.3 Å². The maximum atomic E-state index is 14.4. The van der Waals surface area contributed by atoms with Crippen LogP contribution in [-0.4, -0.2) is 44.4 Å². The van der Waals surface area contributed by atoms with Gasteiger partial charge < -0.3 is 4.90 Å². The lowest BCUT2D eigenvalue weighted by Gasteiger charge is -2.19. The Balaban J connectivity index is 1.93. The molecule has 2 aromatic carbocycles. The number of benzene rings is 2. The Morgan fingerprint density at radius 1 is 1.03 bits per heavy atom. The van der Waals surface area contributed by atoms with Crippen molar-refractivity contribution in [3.05, 3.63) is 85.7 Å². The second-order valence-corrected chi connectivity index (χ2v) is 7.06. The molecule has 0 aliphatic carbocycles. The van der Waals surface area contributed by atoms with E-state index in [0.717, 1.165) is 5.69 Å². The largest absolute Gasteiger partial charge is 0.335 e. The van der Waals surface area contributed by atoms with Crippen molar-refractivity contribution in [1.82, 2.24) is 19.7 Å². The lowest BCUT2D eigenvalue weighted by molar-refractivity contribution is -0.127. The number of para-hydroxylation sites is 1. The number of hydrogen-bond acceptors (Lipinski definition) is 4.